The van der Waals surface area contributed by atoms with Crippen LogP contribution >= 0.6 is 8.53 Å². The molecule has 6 rings (SSSR count). The molecule has 3 aromatic carbocycles. The van der Waals surface area contributed by atoms with E-state index in [2.05, 4.69) is 58.4 Å². The number of benzene rings is 3. The van der Waals surface area contributed by atoms with Gasteiger partial charge >= 0.3 is 0 Å². The average Bonchev–Trinajstić information content (AvgIpc) is 3.85. The second kappa shape index (κ2) is 19.7. The van der Waals surface area contributed by atoms with Crippen molar-refractivity contribution in [3.8, 4) is 17.6 Å². The Morgan fingerprint density at radius 1 is 0.966 bits per heavy atom. The second-order valence-electron chi connectivity index (χ2n) is 14.8. The number of aromatic nitrogens is 4. The molecule has 312 valence electrons. The van der Waals surface area contributed by atoms with Gasteiger partial charge in [-0.25, -0.2) is 14.6 Å². The molecule has 0 aliphatic carbocycles. The Bertz CT molecular complexity index is 2190. The third-order valence-electron chi connectivity index (χ3n) is 9.83. The zero-order valence-corrected chi connectivity index (χ0v) is 35.7. The van der Waals surface area contributed by atoms with E-state index in [-0.39, 0.29) is 43.2 Å². The van der Waals surface area contributed by atoms with E-state index < -0.39 is 38.1 Å². The first-order chi connectivity index (χ1) is 28.5. The van der Waals surface area contributed by atoms with Crippen molar-refractivity contribution in [1.29, 1.82) is 5.26 Å². The molecule has 2 aromatic heterocycles. The van der Waals surface area contributed by atoms with Crippen LogP contribution in [0.1, 0.15) is 63.5 Å². The van der Waals surface area contributed by atoms with Crippen molar-refractivity contribution in [2.75, 3.05) is 41.5 Å². The number of hydrogen-bond acceptors (Lipinski definition) is 12. The van der Waals surface area contributed by atoms with Gasteiger partial charge in [-0.05, 0) is 68.7 Å². The van der Waals surface area contributed by atoms with Gasteiger partial charge in [0.2, 0.25) is 5.95 Å². The lowest BCUT2D eigenvalue weighted by molar-refractivity contribution is -0.0968. The van der Waals surface area contributed by atoms with E-state index in [1.54, 1.807) is 36.4 Å². The Morgan fingerprint density at radius 3 is 2.14 bits per heavy atom. The van der Waals surface area contributed by atoms with Gasteiger partial charge in [0.1, 0.15) is 29.4 Å². The van der Waals surface area contributed by atoms with Gasteiger partial charge in [-0.15, -0.1) is 0 Å². The molecule has 15 nitrogen and oxygen atoms in total. The molecule has 1 aliphatic heterocycles. The van der Waals surface area contributed by atoms with Crippen LogP contribution in [0.15, 0.2) is 95.0 Å². The number of nitriles is 1. The fraction of sp³-hybridized carbons (Fsp3) is 0.419. The van der Waals surface area contributed by atoms with E-state index in [1.165, 1.54) is 0 Å². The van der Waals surface area contributed by atoms with Gasteiger partial charge in [0.05, 0.1) is 58.7 Å². The molecule has 0 amide bonds. The molecule has 1 N–H and O–H groups in total. The number of rotatable bonds is 19. The van der Waals surface area contributed by atoms with Crippen LogP contribution in [0.25, 0.3) is 11.2 Å². The molecule has 1 fully saturated rings. The lowest BCUT2D eigenvalue weighted by Gasteiger charge is -2.40. The summed E-state index contributed by atoms with van der Waals surface area (Å²) in [6.45, 7) is 8.67. The van der Waals surface area contributed by atoms with E-state index in [0.717, 1.165) is 16.7 Å². The fourth-order valence-corrected chi connectivity index (χ4v) is 8.83. The molecule has 16 heteroatoms. The highest BCUT2D eigenvalue weighted by atomic mass is 31.2. The summed E-state index contributed by atoms with van der Waals surface area (Å²) in [6, 6.07) is 28.1. The van der Waals surface area contributed by atoms with Crippen LogP contribution in [-0.2, 0) is 24.1 Å². The van der Waals surface area contributed by atoms with Crippen molar-refractivity contribution < 1.29 is 28.0 Å². The summed E-state index contributed by atoms with van der Waals surface area (Å²) in [5, 5.41) is 9.33. The molecule has 0 bridgehead atoms. The smallest absolute Gasteiger partial charge is 0.280 e. The molecule has 3 heterocycles. The van der Waals surface area contributed by atoms with Gasteiger partial charge in [-0.3, -0.25) is 14.3 Å². The van der Waals surface area contributed by atoms with E-state index in [1.807, 2.05) is 93.0 Å². The Balaban J connectivity index is 1.48. The zero-order chi connectivity index (χ0) is 42.1. The topological polar surface area (TPSA) is 162 Å². The summed E-state index contributed by atoms with van der Waals surface area (Å²) in [4.78, 5) is 31.1. The van der Waals surface area contributed by atoms with Gasteiger partial charge in [-0.2, -0.15) is 10.2 Å². The Morgan fingerprint density at radius 2 is 1.58 bits per heavy atom. The van der Waals surface area contributed by atoms with E-state index >= 15 is 0 Å². The van der Waals surface area contributed by atoms with E-state index in [0.29, 0.717) is 23.6 Å². The minimum absolute atomic E-state index is 0.0878. The maximum absolute atomic E-state index is 13.2. The largest absolute Gasteiger partial charge is 0.497 e. The summed E-state index contributed by atoms with van der Waals surface area (Å²) in [5.41, 5.74) is 1.48. The highest BCUT2D eigenvalue weighted by Gasteiger charge is 2.47. The van der Waals surface area contributed by atoms with Crippen molar-refractivity contribution in [3.05, 3.63) is 112 Å². The monoisotopic (exact) mass is 824 g/mol. The minimum Gasteiger partial charge on any atom is -0.497 e. The van der Waals surface area contributed by atoms with Gasteiger partial charge in [0, 0.05) is 32.6 Å². The summed E-state index contributed by atoms with van der Waals surface area (Å²) < 4.78 is 42.6. The summed E-state index contributed by atoms with van der Waals surface area (Å²) in [7, 11) is 5.32. The molecular weight excluding hydrogens is 771 g/mol. The maximum atomic E-state index is 13.2. The quantitative estimate of drug-likeness (QED) is 0.0291. The number of aliphatic imine (C=N–C) groups is 1. The predicted octanol–water partition coefficient (Wildman–Crippen LogP) is 7.32. The Hall–Kier alpha value is -5.20. The molecule has 1 aliphatic rings. The van der Waals surface area contributed by atoms with Crippen LogP contribution in [0.4, 0.5) is 5.95 Å². The van der Waals surface area contributed by atoms with Gasteiger partial charge < -0.3 is 32.9 Å². The lowest BCUT2D eigenvalue weighted by Crippen LogP contribution is -2.41. The standard InChI is InChI=1S/C43H53N8O7P/c1-29(2)51(30(3)4)59(55-24-12-23-44)56-26-37-36(25-38(57-37)50-28-45-39-40(50)47-42(48-41(39)52)46-27-49(5)6)58-43(31-13-10-9-11-14-31,32-15-19-34(53-7)20-16-32)33-17-21-35(54-8)22-18-33/h9-11,13-22,27-30,36-38H,12,24-26H2,1-8H3,(H,47,48,52)/t36-,37+,38+,59?/m0/s1. The number of nitrogens with zero attached hydrogens (tertiary/aromatic N) is 7. The van der Waals surface area contributed by atoms with Crippen molar-refractivity contribution >= 4 is 32.0 Å². The molecule has 1 unspecified atom stereocenters. The second-order valence-corrected chi connectivity index (χ2v) is 16.2. The number of H-pyrrole nitrogens is 1. The number of nitrogens with one attached hydrogen (secondary N) is 1. The zero-order valence-electron chi connectivity index (χ0n) is 34.8. The molecule has 0 spiro atoms. The van der Waals surface area contributed by atoms with Crippen molar-refractivity contribution in [2.45, 2.75) is 76.7 Å². The van der Waals surface area contributed by atoms with Crippen LogP contribution in [-0.4, -0.2) is 101 Å². The van der Waals surface area contributed by atoms with Gasteiger partial charge in [0.25, 0.3) is 14.1 Å². The van der Waals surface area contributed by atoms with Crippen LogP contribution < -0.4 is 15.0 Å². The minimum atomic E-state index is -1.61. The first-order valence-electron chi connectivity index (χ1n) is 19.6. The van der Waals surface area contributed by atoms with Crippen molar-refractivity contribution in [2.24, 2.45) is 4.99 Å². The predicted molar refractivity (Wildman–Crippen MR) is 227 cm³/mol. The van der Waals surface area contributed by atoms with E-state index in [9.17, 15) is 10.1 Å². The fourth-order valence-electron chi connectivity index (χ4n) is 7.21. The highest BCUT2D eigenvalue weighted by Crippen LogP contribution is 2.49. The summed E-state index contributed by atoms with van der Waals surface area (Å²) >= 11 is 0. The lowest BCUT2D eigenvalue weighted by atomic mass is 9.79. The summed E-state index contributed by atoms with van der Waals surface area (Å²) in [5.74, 6) is 1.54. The molecule has 59 heavy (non-hydrogen) atoms. The molecular formula is C43H53N8O7P. The number of hydrogen-bond donors (Lipinski definition) is 1. The third-order valence-corrected chi connectivity index (χ3v) is 11.9. The molecule has 1 saturated heterocycles. The van der Waals surface area contributed by atoms with E-state index in [4.69, 9.17) is 28.0 Å². The average molecular weight is 825 g/mol. The van der Waals surface area contributed by atoms with Gasteiger partial charge in [-0.1, -0.05) is 54.6 Å². The van der Waals surface area contributed by atoms with Gasteiger partial charge in [0.15, 0.2) is 11.2 Å². The van der Waals surface area contributed by atoms with Crippen LogP contribution in [0, 0.1) is 11.3 Å². The SMILES string of the molecule is COc1ccc(C(O[C@H]2C[C@H](n3cnc4c(=O)[nH]c(N=CN(C)C)nc43)O[C@@H]2COP(OCCC#N)N(C(C)C)C(C)C)(c2ccccc2)c2ccc(OC)cc2)cc1. The van der Waals surface area contributed by atoms with Crippen molar-refractivity contribution in [1.82, 2.24) is 29.1 Å². The molecule has 4 atom stereocenters. The Kier molecular flexibility index (Phi) is 14.5. The number of ether oxygens (including phenoxy) is 4. The number of imidazole rings is 1. The molecule has 0 radical (unpaired) electrons. The third kappa shape index (κ3) is 9.82. The van der Waals surface area contributed by atoms with Crippen LogP contribution in [0.5, 0.6) is 11.5 Å². The number of methoxy groups -OCH3 is 2. The summed E-state index contributed by atoms with van der Waals surface area (Å²) in [6.07, 6.45) is 1.74. The molecule has 5 aromatic rings. The Labute approximate surface area is 346 Å². The normalized spacial score (nSPS) is 17.6. The molecule has 0 saturated carbocycles. The highest BCUT2D eigenvalue weighted by molar-refractivity contribution is 7.44. The van der Waals surface area contributed by atoms with Crippen LogP contribution in [0.2, 0.25) is 0 Å². The van der Waals surface area contributed by atoms with Crippen LogP contribution in [0.3, 0.4) is 0 Å². The first kappa shape index (κ1) is 43.4. The first-order valence-corrected chi connectivity index (χ1v) is 20.7. The van der Waals surface area contributed by atoms with Crippen molar-refractivity contribution in [3.63, 3.8) is 0 Å². The number of aromatic amines is 1. The maximum Gasteiger partial charge on any atom is 0.280 e. The number of fused-ring (bicyclic) bond motifs is 1.